The maximum absolute atomic E-state index is 14.7. The second-order valence-corrected chi connectivity index (χ2v) is 31.9. The zero-order chi connectivity index (χ0) is 52.5. The fraction of sp³-hybridized carbons (Fsp3) is 0.283. The van der Waals surface area contributed by atoms with Gasteiger partial charge in [-0.1, -0.05) is 99.7 Å². The molecule has 1 unspecified atom stereocenters. The fourth-order valence-corrected chi connectivity index (χ4v) is 13.9. The van der Waals surface area contributed by atoms with Crippen LogP contribution in [0.4, 0.5) is 21.5 Å². The molecule has 9 aromatic rings. The van der Waals surface area contributed by atoms with Gasteiger partial charge in [-0.05, 0) is 89.3 Å². The topological polar surface area (TPSA) is 56.0 Å². The molecule has 1 aliphatic heterocycles. The molecule has 1 atom stereocenters. The molecule has 4 aromatic heterocycles. The summed E-state index contributed by atoms with van der Waals surface area (Å²) >= 11 is -0.718. The van der Waals surface area contributed by atoms with E-state index in [0.717, 1.165) is 66.9 Å². The van der Waals surface area contributed by atoms with E-state index in [1.807, 2.05) is 17.3 Å². The molecule has 9 heteroatoms. The molecule has 11 rings (SSSR count). The average Bonchev–Trinajstić information content (AvgIpc) is 4.11. The van der Waals surface area contributed by atoms with Crippen LogP contribution in [0, 0.1) is 44.5 Å². The Kier molecular flexibility index (Phi) is 11.7. The Morgan fingerprint density at radius 2 is 1.59 bits per heavy atom. The second kappa shape index (κ2) is 19.5. The first-order chi connectivity index (χ1) is 35.0. The fourth-order valence-electron chi connectivity index (χ4n) is 9.90. The predicted octanol–water partition coefficient (Wildman–Crippen LogP) is 16.5. The van der Waals surface area contributed by atoms with Crippen molar-refractivity contribution in [2.24, 2.45) is 5.92 Å². The van der Waals surface area contributed by atoms with Crippen LogP contribution in [0.15, 0.2) is 121 Å². The third-order valence-corrected chi connectivity index (χ3v) is 18.8. The zero-order valence-corrected chi connectivity index (χ0v) is 45.4. The number of fused-ring (bicyclic) bond motifs is 6. The van der Waals surface area contributed by atoms with Gasteiger partial charge >= 0.3 is 145 Å². The number of hydrogen-bond donors (Lipinski definition) is 0. The largest absolute Gasteiger partial charge is 3.00 e. The number of aryl methyl sites for hydroxylation is 3. The molecule has 1 aliphatic carbocycles. The van der Waals surface area contributed by atoms with E-state index in [2.05, 4.69) is 147 Å². The van der Waals surface area contributed by atoms with Crippen LogP contribution in [0.1, 0.15) is 94.5 Å². The van der Waals surface area contributed by atoms with Crippen molar-refractivity contribution >= 4 is 77.3 Å². The number of thiophene rings is 1. The van der Waals surface area contributed by atoms with Gasteiger partial charge in [-0.3, -0.25) is 4.98 Å². The minimum Gasteiger partial charge on any atom is 3.00 e. The number of nitrogens with zero attached hydrogens (tertiary/aromatic N) is 5. The molecule has 2 aliphatic rings. The van der Waals surface area contributed by atoms with Crippen LogP contribution in [0.2, 0.25) is 17.3 Å². The van der Waals surface area contributed by atoms with Gasteiger partial charge < -0.3 is 10.2 Å². The minimum atomic E-state index is -2.61. The molecule has 5 heterocycles. The molecule has 0 amide bonds. The monoisotopic (exact) mass is 1170 g/mol. The van der Waals surface area contributed by atoms with E-state index in [9.17, 15) is 4.39 Å². The predicted molar refractivity (Wildman–Crippen MR) is 288 cm³/mol. The molecule has 0 radical (unpaired) electrons. The number of rotatable bonds is 7. The molecule has 350 valence electrons. The Balaban J connectivity index is 0.000000225. The Morgan fingerprint density at radius 3 is 2.35 bits per heavy atom. The van der Waals surface area contributed by atoms with Crippen LogP contribution < -0.4 is 9.30 Å². The summed E-state index contributed by atoms with van der Waals surface area (Å²) in [4.78, 5) is 18.0. The Morgan fingerprint density at radius 1 is 0.826 bits per heavy atom. The molecule has 0 N–H and O–H groups in total. The van der Waals surface area contributed by atoms with Gasteiger partial charge in [0.15, 0.2) is 0 Å². The molecule has 1 saturated carbocycles. The van der Waals surface area contributed by atoms with Crippen LogP contribution in [0.5, 0.6) is 0 Å². The van der Waals surface area contributed by atoms with Gasteiger partial charge in [0.2, 0.25) is 0 Å². The summed E-state index contributed by atoms with van der Waals surface area (Å²) in [5, 5.41) is 9.09. The van der Waals surface area contributed by atoms with Crippen molar-refractivity contribution in [2.75, 3.05) is 4.90 Å². The summed E-state index contributed by atoms with van der Waals surface area (Å²) in [6, 6.07) is 45.2. The van der Waals surface area contributed by atoms with E-state index in [-0.39, 0.29) is 48.5 Å². The van der Waals surface area contributed by atoms with Crippen molar-refractivity contribution in [3.05, 3.63) is 178 Å². The number of aromatic nitrogens is 3. The number of pyridine rings is 3. The van der Waals surface area contributed by atoms with Gasteiger partial charge in [0.1, 0.15) is 4.83 Å². The standard InChI is InChI=1S/C44H40N4S.C16H19FGeN.Ir/c1-27-17-20-34-37(45-27)22-23-38-40(34)48(39-24-18-30(26-36(39)44(2,3)4)29-13-6-5-7-14-29)42(47-38)35-16-10-15-32-33-21-19-31(25-28-11-8-9-12-28)46-43(33)49-41(32)35;1-11-7-6-8-13(16(11)17)15-9-12(2)14(10-19-15)18(3,4)5;/h5-7,10,13-15,17-24,26,28,42H,8-9,11-12,25H2,1-4H3;6-7,9-10H,1-5H3;/q-2;-1;+3/i;1D3,2D3;. The molecule has 0 spiro atoms. The smallest absolute Gasteiger partial charge is 3.00 e. The van der Waals surface area contributed by atoms with E-state index < -0.39 is 38.4 Å². The third-order valence-electron chi connectivity index (χ3n) is 13.4. The summed E-state index contributed by atoms with van der Waals surface area (Å²) in [7, 11) is 0. The first-order valence-electron chi connectivity index (χ1n) is 26.6. The number of anilines is 2. The molecule has 5 nitrogen and oxygen atoms in total. The molecular formula is C60H59FGeIrN5S. The van der Waals surface area contributed by atoms with Crippen molar-refractivity contribution in [3.63, 3.8) is 0 Å². The van der Waals surface area contributed by atoms with Crippen LogP contribution in [0.3, 0.4) is 0 Å². The van der Waals surface area contributed by atoms with Gasteiger partial charge in [0.25, 0.3) is 0 Å². The number of benzene rings is 5. The quantitative estimate of drug-likeness (QED) is 0.118. The maximum atomic E-state index is 14.7. The zero-order valence-electron chi connectivity index (χ0n) is 46.1. The number of halogens is 1. The Bertz CT molecular complexity index is 3580. The van der Waals surface area contributed by atoms with E-state index in [1.54, 1.807) is 11.3 Å². The second-order valence-electron chi connectivity index (χ2n) is 20.4. The van der Waals surface area contributed by atoms with Crippen molar-refractivity contribution in [1.82, 2.24) is 15.0 Å². The summed E-state index contributed by atoms with van der Waals surface area (Å²) in [5.74, 6) is 5.97. The van der Waals surface area contributed by atoms with Crippen molar-refractivity contribution in [1.29, 1.82) is 0 Å². The van der Waals surface area contributed by atoms with Crippen molar-refractivity contribution in [3.8, 4) is 22.4 Å². The maximum Gasteiger partial charge on any atom is 3.00 e. The van der Waals surface area contributed by atoms with Crippen LogP contribution in [0.25, 0.3) is 58.9 Å². The van der Waals surface area contributed by atoms with E-state index in [0.29, 0.717) is 0 Å². The van der Waals surface area contributed by atoms with Crippen molar-refractivity contribution < 1.29 is 32.7 Å². The summed E-state index contributed by atoms with van der Waals surface area (Å²) < 4.78 is 62.2. The van der Waals surface area contributed by atoms with Gasteiger partial charge in [-0.2, -0.15) is 29.5 Å². The SMILES string of the molecule is Cc1ccc2c3c(ccc2n1)[N-]C(c1[c-]ccc2c1sc1nc(CC4CCCC4)ccc12)N3c1ccc(-c2ccccc2)cc1C(C)(C)C.[2H]C([2H])([2H])c1cc(-c2[c-]ccc(C([2H])([2H])[2H])c2F)nc[c]1[Ge]([CH3])([CH3])[CH3].[Ir+3]. The summed E-state index contributed by atoms with van der Waals surface area (Å²) in [5.41, 5.74) is 10.8. The van der Waals surface area contributed by atoms with Crippen LogP contribution in [-0.2, 0) is 31.9 Å². The van der Waals surface area contributed by atoms with E-state index in [1.165, 1.54) is 81.9 Å². The van der Waals surface area contributed by atoms with E-state index in [4.69, 9.17) is 23.5 Å². The average molecular weight is 1170 g/mol. The molecule has 0 bridgehead atoms. The van der Waals surface area contributed by atoms with Crippen LogP contribution in [-0.4, -0.2) is 28.2 Å². The van der Waals surface area contributed by atoms with E-state index >= 15 is 0 Å². The molecule has 1 fully saturated rings. The minimum absolute atomic E-state index is 0. The van der Waals surface area contributed by atoms with Gasteiger partial charge in [0, 0.05) is 28.1 Å². The normalized spacial score (nSPS) is 16.6. The summed E-state index contributed by atoms with van der Waals surface area (Å²) in [6.45, 7) is 4.02. The van der Waals surface area contributed by atoms with Gasteiger partial charge in [0.05, 0.1) is 5.52 Å². The first kappa shape index (κ1) is 41.5. The third kappa shape index (κ3) is 9.67. The Hall–Kier alpha value is -5.25. The molecule has 0 saturated heterocycles. The first-order valence-corrected chi connectivity index (χ1v) is 31.8. The van der Waals surface area contributed by atoms with Crippen LogP contribution >= 0.6 is 11.3 Å². The Labute approximate surface area is 436 Å². The van der Waals surface area contributed by atoms with Gasteiger partial charge in [-0.15, -0.1) is 16.6 Å². The molecule has 5 aromatic carbocycles. The summed E-state index contributed by atoms with van der Waals surface area (Å²) in [6.07, 6.45) is 7.66. The molecule has 69 heavy (non-hydrogen) atoms. The van der Waals surface area contributed by atoms with Gasteiger partial charge in [-0.25, -0.2) is 4.98 Å². The molecular weight excluding hydrogens is 1110 g/mol. The van der Waals surface area contributed by atoms with Crippen molar-refractivity contribution in [2.45, 2.75) is 102 Å². The number of hydrogen-bond acceptors (Lipinski definition) is 5.